The van der Waals surface area contributed by atoms with Gasteiger partial charge in [-0.1, -0.05) is 84.9 Å². The molecule has 0 saturated heterocycles. The summed E-state index contributed by atoms with van der Waals surface area (Å²) in [4.78, 5) is 26.1. The first-order valence-electron chi connectivity index (χ1n) is 13.4. The molecule has 198 valence electrons. The van der Waals surface area contributed by atoms with Crippen LogP contribution in [-0.2, 0) is 22.3 Å². The Bertz CT molecular complexity index is 1670. The van der Waals surface area contributed by atoms with Crippen LogP contribution in [0.3, 0.4) is 0 Å². The molecule has 0 radical (unpaired) electrons. The zero-order valence-electron chi connectivity index (χ0n) is 23.1. The van der Waals surface area contributed by atoms with Crippen LogP contribution in [0.25, 0.3) is 33.0 Å². The SMILES string of the molecule is COC(=O)c1c(C)c2c(c(C)c1C(=O)OC)Cc1c(c(-c3ccccc3)c3ccccc3c1-c1ccccc1)C2. The molecule has 5 aromatic carbocycles. The van der Waals surface area contributed by atoms with Gasteiger partial charge in [0.25, 0.3) is 0 Å². The predicted molar refractivity (Wildman–Crippen MR) is 159 cm³/mol. The van der Waals surface area contributed by atoms with E-state index in [1.165, 1.54) is 47.2 Å². The normalized spacial score (nSPS) is 12.0. The molecule has 0 amide bonds. The topological polar surface area (TPSA) is 52.6 Å². The highest BCUT2D eigenvalue weighted by atomic mass is 16.5. The van der Waals surface area contributed by atoms with Crippen LogP contribution in [0.2, 0.25) is 0 Å². The van der Waals surface area contributed by atoms with Gasteiger partial charge in [-0.25, -0.2) is 9.59 Å². The van der Waals surface area contributed by atoms with Crippen LogP contribution in [0.4, 0.5) is 0 Å². The molecule has 6 rings (SSSR count). The Labute approximate surface area is 234 Å². The van der Waals surface area contributed by atoms with Crippen molar-refractivity contribution in [1.29, 1.82) is 0 Å². The molecule has 0 N–H and O–H groups in total. The number of ether oxygens (including phenoxy) is 2. The van der Waals surface area contributed by atoms with Gasteiger partial charge in [0.05, 0.1) is 25.3 Å². The van der Waals surface area contributed by atoms with Crippen molar-refractivity contribution < 1.29 is 19.1 Å². The van der Waals surface area contributed by atoms with Crippen LogP contribution in [0.5, 0.6) is 0 Å². The van der Waals surface area contributed by atoms with Crippen LogP contribution in [0.1, 0.15) is 54.1 Å². The highest BCUT2D eigenvalue weighted by Crippen LogP contribution is 2.47. The molecule has 1 aliphatic rings. The third kappa shape index (κ3) is 3.91. The molecule has 0 fully saturated rings. The Kier molecular flexibility index (Phi) is 6.47. The smallest absolute Gasteiger partial charge is 0.339 e. The minimum absolute atomic E-state index is 0.291. The zero-order chi connectivity index (χ0) is 28.0. The molecular formula is C36H30O4. The van der Waals surface area contributed by atoms with Gasteiger partial charge >= 0.3 is 11.9 Å². The summed E-state index contributed by atoms with van der Waals surface area (Å²) in [5.74, 6) is -1.05. The summed E-state index contributed by atoms with van der Waals surface area (Å²) in [5.41, 5.74) is 11.5. The molecule has 4 heteroatoms. The molecule has 0 spiro atoms. The van der Waals surface area contributed by atoms with Gasteiger partial charge in [0.15, 0.2) is 0 Å². The maximum atomic E-state index is 13.0. The average molecular weight is 527 g/mol. The van der Waals surface area contributed by atoms with Crippen molar-refractivity contribution in [3.63, 3.8) is 0 Å². The van der Waals surface area contributed by atoms with Crippen molar-refractivity contribution >= 4 is 22.7 Å². The molecule has 0 bridgehead atoms. The van der Waals surface area contributed by atoms with Gasteiger partial charge in [-0.2, -0.15) is 0 Å². The highest BCUT2D eigenvalue weighted by Gasteiger charge is 2.33. The van der Waals surface area contributed by atoms with Gasteiger partial charge in [-0.3, -0.25) is 0 Å². The van der Waals surface area contributed by atoms with E-state index >= 15 is 0 Å². The number of fused-ring (bicyclic) bond motifs is 3. The van der Waals surface area contributed by atoms with Gasteiger partial charge in [-0.15, -0.1) is 0 Å². The molecule has 0 saturated carbocycles. The maximum absolute atomic E-state index is 13.0. The second-order valence-electron chi connectivity index (χ2n) is 10.3. The molecule has 40 heavy (non-hydrogen) atoms. The molecule has 0 aromatic heterocycles. The van der Waals surface area contributed by atoms with E-state index < -0.39 is 11.9 Å². The van der Waals surface area contributed by atoms with E-state index in [2.05, 4.69) is 72.8 Å². The van der Waals surface area contributed by atoms with Crippen LogP contribution in [-0.4, -0.2) is 26.2 Å². The summed E-state index contributed by atoms with van der Waals surface area (Å²) in [5, 5.41) is 2.40. The molecule has 0 atom stereocenters. The molecule has 0 aliphatic heterocycles. The summed E-state index contributed by atoms with van der Waals surface area (Å²) in [7, 11) is 2.69. The van der Waals surface area contributed by atoms with Gasteiger partial charge in [-0.05, 0) is 93.1 Å². The van der Waals surface area contributed by atoms with Crippen LogP contribution < -0.4 is 0 Å². The number of carbonyl (C=O) groups is 2. The summed E-state index contributed by atoms with van der Waals surface area (Å²) >= 11 is 0. The summed E-state index contributed by atoms with van der Waals surface area (Å²) < 4.78 is 10.3. The van der Waals surface area contributed by atoms with Crippen LogP contribution in [0.15, 0.2) is 84.9 Å². The maximum Gasteiger partial charge on any atom is 0.339 e. The van der Waals surface area contributed by atoms with E-state index in [9.17, 15) is 9.59 Å². The lowest BCUT2D eigenvalue weighted by Gasteiger charge is -2.31. The Balaban J connectivity index is 1.74. The molecule has 4 nitrogen and oxygen atoms in total. The lowest BCUT2D eigenvalue weighted by molar-refractivity contribution is 0.0553. The van der Waals surface area contributed by atoms with Crippen molar-refractivity contribution in [3.05, 3.63) is 129 Å². The first-order chi connectivity index (χ1) is 19.5. The van der Waals surface area contributed by atoms with Crippen molar-refractivity contribution in [3.8, 4) is 22.3 Å². The number of hydrogen-bond donors (Lipinski definition) is 0. The highest BCUT2D eigenvalue weighted by molar-refractivity contribution is 6.09. The van der Waals surface area contributed by atoms with E-state index in [1.54, 1.807) is 0 Å². The second kappa shape index (κ2) is 10.1. The lowest BCUT2D eigenvalue weighted by atomic mass is 9.72. The number of methoxy groups -OCH3 is 2. The fourth-order valence-electron chi connectivity index (χ4n) is 6.48. The monoisotopic (exact) mass is 526 g/mol. The molecular weight excluding hydrogens is 496 g/mol. The second-order valence-corrected chi connectivity index (χ2v) is 10.3. The molecule has 0 unspecified atom stereocenters. The number of hydrogen-bond acceptors (Lipinski definition) is 4. The standard InChI is InChI=1S/C36H30O4/c1-21-27-19-29-30(20-28(27)22(2)32(36(38)40-4)31(21)35(37)39-3)34(24-15-9-6-10-16-24)26-18-12-11-17-25(26)33(29)23-13-7-5-8-14-23/h5-18H,19-20H2,1-4H3. The van der Waals surface area contributed by atoms with Gasteiger partial charge < -0.3 is 9.47 Å². The Morgan fingerprint density at radius 1 is 0.525 bits per heavy atom. The van der Waals surface area contributed by atoms with Gasteiger partial charge in [0.1, 0.15) is 0 Å². The van der Waals surface area contributed by atoms with Crippen molar-refractivity contribution in [2.75, 3.05) is 14.2 Å². The fraction of sp³-hybridized carbons (Fsp3) is 0.167. The number of esters is 2. The summed E-state index contributed by atoms with van der Waals surface area (Å²) in [6.45, 7) is 3.84. The third-order valence-electron chi connectivity index (χ3n) is 8.31. The zero-order valence-corrected chi connectivity index (χ0v) is 23.1. The Morgan fingerprint density at radius 2 is 0.875 bits per heavy atom. The number of carbonyl (C=O) groups excluding carboxylic acids is 2. The van der Waals surface area contributed by atoms with Gasteiger partial charge in [0, 0.05) is 0 Å². The van der Waals surface area contributed by atoms with E-state index in [-0.39, 0.29) is 0 Å². The first-order valence-corrected chi connectivity index (χ1v) is 13.4. The van der Waals surface area contributed by atoms with Gasteiger partial charge in [0.2, 0.25) is 0 Å². The van der Waals surface area contributed by atoms with E-state index in [0.717, 1.165) is 33.4 Å². The summed E-state index contributed by atoms with van der Waals surface area (Å²) in [6.07, 6.45) is 1.27. The molecule has 1 aliphatic carbocycles. The first kappa shape index (κ1) is 25.6. The Morgan fingerprint density at radius 3 is 1.23 bits per heavy atom. The van der Waals surface area contributed by atoms with Crippen molar-refractivity contribution in [2.24, 2.45) is 0 Å². The van der Waals surface area contributed by atoms with Crippen LogP contribution in [0, 0.1) is 13.8 Å². The quantitative estimate of drug-likeness (QED) is 0.219. The minimum atomic E-state index is -0.527. The number of benzene rings is 5. The van der Waals surface area contributed by atoms with Crippen LogP contribution >= 0.6 is 0 Å². The largest absolute Gasteiger partial charge is 0.465 e. The van der Waals surface area contributed by atoms with E-state index in [0.29, 0.717) is 24.0 Å². The van der Waals surface area contributed by atoms with E-state index in [1.807, 2.05) is 26.0 Å². The third-order valence-corrected chi connectivity index (χ3v) is 8.31. The minimum Gasteiger partial charge on any atom is -0.465 e. The number of rotatable bonds is 4. The fourth-order valence-corrected chi connectivity index (χ4v) is 6.48. The predicted octanol–water partition coefficient (Wildman–Crippen LogP) is 7.86. The van der Waals surface area contributed by atoms with E-state index in [4.69, 9.17) is 9.47 Å². The van der Waals surface area contributed by atoms with Crippen molar-refractivity contribution in [2.45, 2.75) is 26.7 Å². The average Bonchev–Trinajstić information content (AvgIpc) is 3.00. The van der Waals surface area contributed by atoms with Crippen molar-refractivity contribution in [1.82, 2.24) is 0 Å². The lowest BCUT2D eigenvalue weighted by Crippen LogP contribution is -2.22. The molecule has 0 heterocycles. The molecule has 5 aromatic rings. The Hall–Kier alpha value is -4.70. The summed E-state index contributed by atoms with van der Waals surface area (Å²) in [6, 6.07) is 29.6.